The predicted molar refractivity (Wildman–Crippen MR) is 230 cm³/mol. The molecule has 0 amide bonds. The van der Waals surface area contributed by atoms with Crippen LogP contribution in [0.15, 0.2) is 48.8 Å². The minimum absolute atomic E-state index is 0.0251. The van der Waals surface area contributed by atoms with Crippen LogP contribution in [0.5, 0.6) is 0 Å². The molecule has 0 aliphatic carbocycles. The average molecular weight is 883 g/mol. The van der Waals surface area contributed by atoms with Gasteiger partial charge in [0.05, 0.1) is 56.2 Å². The molecule has 2 aliphatic rings. The quantitative estimate of drug-likeness (QED) is 0.0379. The van der Waals surface area contributed by atoms with Gasteiger partial charge in [0.15, 0.2) is 17.2 Å². The lowest BCUT2D eigenvalue weighted by atomic mass is 9.88. The van der Waals surface area contributed by atoms with Gasteiger partial charge in [-0.25, -0.2) is 18.5 Å². The minimum Gasteiger partial charge on any atom is -0.382 e. The molecule has 3 N–H and O–H groups in total. The lowest BCUT2D eigenvalue weighted by Crippen LogP contribution is -2.41. The molecule has 62 heavy (non-hydrogen) atoms. The largest absolute Gasteiger partial charge is 0.472 e. The number of unbranched alkanes of at least 4 members (excludes halogenated alkanes) is 12. The van der Waals surface area contributed by atoms with Gasteiger partial charge >= 0.3 is 7.82 Å². The summed E-state index contributed by atoms with van der Waals surface area (Å²) in [6.07, 6.45) is 19.0. The number of nitrogen functional groups attached to an aromatic ring is 1. The number of halogens is 1. The Morgan fingerprint density at radius 1 is 0.968 bits per heavy atom. The second-order valence-corrected chi connectivity index (χ2v) is 18.0. The Bertz CT molecular complexity index is 2020. The predicted octanol–water partition coefficient (Wildman–Crippen LogP) is 9.12. The highest BCUT2D eigenvalue weighted by Crippen LogP contribution is 2.52. The van der Waals surface area contributed by atoms with Gasteiger partial charge in [0.25, 0.3) is 0 Å². The van der Waals surface area contributed by atoms with Crippen LogP contribution >= 0.6 is 7.82 Å². The number of benzene rings is 1. The van der Waals surface area contributed by atoms with E-state index in [2.05, 4.69) is 35.2 Å². The summed E-state index contributed by atoms with van der Waals surface area (Å²) in [4.78, 5) is 14.9. The normalized spacial score (nSPS) is 22.1. The number of nitriles is 2. The van der Waals surface area contributed by atoms with Crippen LogP contribution in [0.25, 0.3) is 5.52 Å². The van der Waals surface area contributed by atoms with Gasteiger partial charge in [-0.2, -0.15) is 15.6 Å². The van der Waals surface area contributed by atoms with E-state index in [0.29, 0.717) is 23.4 Å². The Kier molecular flexibility index (Phi) is 19.3. The molecule has 2 aromatic heterocycles. The van der Waals surface area contributed by atoms with E-state index in [0.717, 1.165) is 38.2 Å². The van der Waals surface area contributed by atoms with Crippen molar-refractivity contribution in [3.8, 4) is 12.1 Å². The second-order valence-electron chi connectivity index (χ2n) is 16.5. The first-order valence-electron chi connectivity index (χ1n) is 22.0. The fourth-order valence-corrected chi connectivity index (χ4v) is 8.75. The second kappa shape index (κ2) is 24.3. The van der Waals surface area contributed by atoms with Crippen molar-refractivity contribution in [2.45, 2.75) is 159 Å². The van der Waals surface area contributed by atoms with Crippen LogP contribution in [-0.2, 0) is 49.5 Å². The molecule has 0 spiro atoms. The highest BCUT2D eigenvalue weighted by atomic mass is 31.2. The number of phosphoric ester groups is 1. The molecule has 1 aromatic carbocycles. The van der Waals surface area contributed by atoms with Gasteiger partial charge < -0.3 is 34.3 Å². The zero-order valence-corrected chi connectivity index (χ0v) is 37.3. The highest BCUT2D eigenvalue weighted by Gasteiger charge is 2.64. The summed E-state index contributed by atoms with van der Waals surface area (Å²) in [6, 6.07) is 11.4. The van der Waals surface area contributed by atoms with Crippen LogP contribution in [0.1, 0.15) is 134 Å². The summed E-state index contributed by atoms with van der Waals surface area (Å²) in [7, 11) is -4.75. The number of phosphoric acid groups is 1. The maximum atomic E-state index is 14.2. The summed E-state index contributed by atoms with van der Waals surface area (Å²) in [5.41, 5.74) is 6.18. The first-order valence-corrected chi connectivity index (χ1v) is 23.5. The maximum Gasteiger partial charge on any atom is 0.472 e. The number of allylic oxidation sites excluding steroid dienone is 2. The Morgan fingerprint density at radius 2 is 1.68 bits per heavy atom. The Hall–Kier alpha value is -3.80. The molecule has 2 saturated heterocycles. The van der Waals surface area contributed by atoms with Crippen LogP contribution in [0.4, 0.5) is 10.2 Å². The van der Waals surface area contributed by atoms with Gasteiger partial charge in [0, 0.05) is 6.61 Å². The lowest BCUT2D eigenvalue weighted by molar-refractivity contribution is -0.215. The third kappa shape index (κ3) is 14.4. The Morgan fingerprint density at radius 3 is 2.39 bits per heavy atom. The van der Waals surface area contributed by atoms with E-state index in [1.807, 2.05) is 6.07 Å². The van der Waals surface area contributed by atoms with Crippen molar-refractivity contribution in [3.05, 3.63) is 71.4 Å². The van der Waals surface area contributed by atoms with Gasteiger partial charge in [0.2, 0.25) is 0 Å². The van der Waals surface area contributed by atoms with Gasteiger partial charge in [-0.05, 0) is 81.8 Å². The summed E-state index contributed by atoms with van der Waals surface area (Å²) in [6.45, 7) is 5.21. The van der Waals surface area contributed by atoms with Crippen molar-refractivity contribution in [2.24, 2.45) is 0 Å². The third-order valence-corrected chi connectivity index (χ3v) is 12.0. The molecule has 0 radical (unpaired) electrons. The minimum atomic E-state index is -4.75. The van der Waals surface area contributed by atoms with E-state index in [1.54, 1.807) is 26.0 Å². The van der Waals surface area contributed by atoms with Gasteiger partial charge in [-0.15, -0.1) is 0 Å². The molecule has 5 rings (SSSR count). The SMILES string of the molecule is CCCCCCCC/C=C\CCCCCCCCOC[C@H](COP(=O)(O)OC[C@H]1O[C@@](CC#N)(c2ccc3c(N)ncnn23)[C@@H]2OC(C)(C)O[C@@H]21)OCc1cc(F)cc(C#N)c1. The molecule has 17 heteroatoms. The lowest BCUT2D eigenvalue weighted by Gasteiger charge is -2.33. The standard InChI is InChI=1S/C45H64FN6O9P/c1-4-5-6-7-8-9-10-11-12-13-14-15-16-17-18-19-24-55-30-37(56-29-35-25-34(28-48)26-36(46)27-35)31-57-62(53,54)58-32-39-41-42(61-44(2,3)60-41)45(59-39,22-23-47)40-21-20-38-43(49)50-33-51-52(38)40/h11-12,20-21,25-27,33,37,39,41-42H,4-10,13-19,22,24,29-32H2,1-3H3,(H,53,54)(H2,49,50,51)/b12-11-/t37-,39-,41-,42-,45+/m1/s1. The molecule has 0 bridgehead atoms. The molecule has 2 fully saturated rings. The summed E-state index contributed by atoms with van der Waals surface area (Å²) in [5, 5.41) is 23.6. The summed E-state index contributed by atoms with van der Waals surface area (Å²) >= 11 is 0. The van der Waals surface area contributed by atoms with E-state index >= 15 is 0 Å². The van der Waals surface area contributed by atoms with Crippen molar-refractivity contribution < 1.29 is 46.6 Å². The number of fused-ring (bicyclic) bond motifs is 2. The fraction of sp³-hybridized carbons (Fsp3) is 0.644. The topological polar surface area (TPSA) is 206 Å². The molecule has 15 nitrogen and oxygen atoms in total. The van der Waals surface area contributed by atoms with Crippen molar-refractivity contribution in [3.63, 3.8) is 0 Å². The molecule has 340 valence electrons. The Labute approximate surface area is 365 Å². The molecule has 3 aromatic rings. The van der Waals surface area contributed by atoms with Gasteiger partial charge in [-0.1, -0.05) is 76.9 Å². The number of aromatic nitrogens is 3. The summed E-state index contributed by atoms with van der Waals surface area (Å²) in [5.74, 6) is -1.44. The van der Waals surface area contributed by atoms with Crippen LogP contribution in [-0.4, -0.2) is 76.1 Å². The van der Waals surface area contributed by atoms with Crippen molar-refractivity contribution in [1.29, 1.82) is 10.5 Å². The third-order valence-electron chi connectivity index (χ3n) is 11.1. The van der Waals surface area contributed by atoms with Crippen LogP contribution in [0, 0.1) is 28.5 Å². The smallest absolute Gasteiger partial charge is 0.382 e. The number of ether oxygens (including phenoxy) is 5. The molecule has 2 aliphatic heterocycles. The van der Waals surface area contributed by atoms with E-state index in [-0.39, 0.29) is 31.0 Å². The number of nitrogens with zero attached hydrogens (tertiary/aromatic N) is 5. The van der Waals surface area contributed by atoms with Gasteiger partial charge in [0.1, 0.15) is 42.1 Å². The van der Waals surface area contributed by atoms with Crippen molar-refractivity contribution in [1.82, 2.24) is 14.6 Å². The maximum absolute atomic E-state index is 14.2. The van der Waals surface area contributed by atoms with E-state index in [9.17, 15) is 24.4 Å². The van der Waals surface area contributed by atoms with E-state index < -0.39 is 62.7 Å². The first-order chi connectivity index (χ1) is 29.9. The number of rotatable bonds is 29. The monoisotopic (exact) mass is 882 g/mol. The van der Waals surface area contributed by atoms with Gasteiger partial charge in [-0.3, -0.25) is 9.05 Å². The molecule has 4 heterocycles. The summed E-state index contributed by atoms with van der Waals surface area (Å²) < 4.78 is 70.9. The van der Waals surface area contributed by atoms with Crippen molar-refractivity contribution >= 4 is 19.2 Å². The van der Waals surface area contributed by atoms with E-state index in [4.69, 9.17) is 38.5 Å². The van der Waals surface area contributed by atoms with Crippen LogP contribution < -0.4 is 5.73 Å². The average Bonchev–Trinajstić information content (AvgIpc) is 3.91. The number of anilines is 1. The zero-order chi connectivity index (χ0) is 44.4. The number of hydrogen-bond donors (Lipinski definition) is 2. The van der Waals surface area contributed by atoms with Crippen LogP contribution in [0.3, 0.4) is 0 Å². The van der Waals surface area contributed by atoms with Crippen molar-refractivity contribution in [2.75, 3.05) is 32.2 Å². The highest BCUT2D eigenvalue weighted by molar-refractivity contribution is 7.47. The molecular weight excluding hydrogens is 818 g/mol. The number of hydrogen-bond acceptors (Lipinski definition) is 13. The molecule has 6 atom stereocenters. The van der Waals surface area contributed by atoms with Crippen LogP contribution in [0.2, 0.25) is 0 Å². The molecular formula is C45H64FN6O9P. The zero-order valence-electron chi connectivity index (χ0n) is 36.4. The molecule has 1 unspecified atom stereocenters. The Balaban J connectivity index is 1.10. The molecule has 0 saturated carbocycles. The fourth-order valence-electron chi connectivity index (χ4n) is 7.99. The van der Waals surface area contributed by atoms with E-state index in [1.165, 1.54) is 80.8 Å². The number of nitrogens with two attached hydrogens (primary N) is 1. The first kappa shape index (κ1) is 49.2.